The van der Waals surface area contributed by atoms with Gasteiger partial charge in [-0.05, 0) is 18.2 Å². The van der Waals surface area contributed by atoms with Crippen LogP contribution in [0, 0.1) is 10.1 Å². The topological polar surface area (TPSA) is 76.3 Å². The van der Waals surface area contributed by atoms with E-state index in [-0.39, 0.29) is 11.6 Å². The van der Waals surface area contributed by atoms with E-state index in [1.54, 1.807) is 19.3 Å². The molecular weight excluding hydrogens is 270 g/mol. The van der Waals surface area contributed by atoms with Crippen molar-refractivity contribution in [3.8, 4) is 0 Å². The number of carbonyl (C=O) groups excluding carboxylic acids is 1. The second-order valence-electron chi connectivity index (χ2n) is 4.61. The number of pyridine rings is 1. The summed E-state index contributed by atoms with van der Waals surface area (Å²) in [4.78, 5) is 28.2. The van der Waals surface area contributed by atoms with Gasteiger partial charge in [-0.15, -0.1) is 0 Å². The highest BCUT2D eigenvalue weighted by molar-refractivity contribution is 5.94. The minimum atomic E-state index is -0.509. The molecule has 0 radical (unpaired) electrons. The predicted molar refractivity (Wildman–Crippen MR) is 78.0 cm³/mol. The molecule has 0 saturated carbocycles. The predicted octanol–water partition coefficient (Wildman–Crippen LogP) is 2.30. The highest BCUT2D eigenvalue weighted by Crippen LogP contribution is 2.14. The van der Waals surface area contributed by atoms with Gasteiger partial charge in [0.25, 0.3) is 11.6 Å². The molecule has 108 valence electrons. The number of aromatic nitrogens is 1. The Morgan fingerprint density at radius 1 is 1.29 bits per heavy atom. The first-order valence-electron chi connectivity index (χ1n) is 6.48. The quantitative estimate of drug-likeness (QED) is 0.624. The molecule has 1 aromatic carbocycles. The zero-order valence-electron chi connectivity index (χ0n) is 11.6. The summed E-state index contributed by atoms with van der Waals surface area (Å²) >= 11 is 0. The van der Waals surface area contributed by atoms with E-state index < -0.39 is 4.92 Å². The van der Waals surface area contributed by atoms with E-state index in [9.17, 15) is 14.9 Å². The molecule has 2 aromatic rings. The van der Waals surface area contributed by atoms with Crippen molar-refractivity contribution in [2.24, 2.45) is 0 Å². The van der Waals surface area contributed by atoms with Crippen LogP contribution in [-0.2, 0) is 6.42 Å². The molecule has 0 bridgehead atoms. The van der Waals surface area contributed by atoms with Crippen molar-refractivity contribution >= 4 is 11.6 Å². The van der Waals surface area contributed by atoms with Crippen LogP contribution in [0.15, 0.2) is 48.7 Å². The summed E-state index contributed by atoms with van der Waals surface area (Å²) in [7, 11) is 1.67. The number of likely N-dealkylation sites (N-methyl/N-ethyl adjacent to an activating group) is 1. The molecule has 0 aliphatic heterocycles. The monoisotopic (exact) mass is 285 g/mol. The number of nitrogens with zero attached hydrogens (tertiary/aromatic N) is 3. The van der Waals surface area contributed by atoms with Crippen LogP contribution in [-0.4, -0.2) is 34.3 Å². The highest BCUT2D eigenvalue weighted by atomic mass is 16.6. The molecule has 0 spiro atoms. The smallest absolute Gasteiger partial charge is 0.270 e. The van der Waals surface area contributed by atoms with Crippen LogP contribution in [0.2, 0.25) is 0 Å². The molecule has 6 heteroatoms. The first kappa shape index (κ1) is 14.6. The molecule has 0 unspecified atom stereocenters. The van der Waals surface area contributed by atoms with Crippen LogP contribution in [0.1, 0.15) is 16.1 Å². The standard InChI is InChI=1S/C15H15N3O3/c1-17(10-8-13-6-2-3-9-16-13)15(19)12-5-4-7-14(11-12)18(20)21/h2-7,9,11H,8,10H2,1H3. The molecule has 1 aromatic heterocycles. The minimum absolute atomic E-state index is 0.0843. The van der Waals surface area contributed by atoms with Gasteiger partial charge in [-0.2, -0.15) is 0 Å². The summed E-state index contributed by atoms with van der Waals surface area (Å²) in [6, 6.07) is 11.4. The lowest BCUT2D eigenvalue weighted by molar-refractivity contribution is -0.384. The Hall–Kier alpha value is -2.76. The minimum Gasteiger partial charge on any atom is -0.341 e. The van der Waals surface area contributed by atoms with Gasteiger partial charge in [0.15, 0.2) is 0 Å². The number of hydrogen-bond acceptors (Lipinski definition) is 4. The summed E-state index contributed by atoms with van der Waals surface area (Å²) in [5.41, 5.74) is 1.13. The van der Waals surface area contributed by atoms with Crippen molar-refractivity contribution in [1.82, 2.24) is 9.88 Å². The van der Waals surface area contributed by atoms with E-state index in [0.717, 1.165) is 5.69 Å². The van der Waals surface area contributed by atoms with E-state index in [1.165, 1.54) is 23.1 Å². The number of rotatable bonds is 5. The third kappa shape index (κ3) is 3.85. The fourth-order valence-electron chi connectivity index (χ4n) is 1.90. The number of carbonyl (C=O) groups is 1. The summed E-state index contributed by atoms with van der Waals surface area (Å²) < 4.78 is 0. The molecule has 6 nitrogen and oxygen atoms in total. The van der Waals surface area contributed by atoms with Gasteiger partial charge >= 0.3 is 0 Å². The molecular formula is C15H15N3O3. The lowest BCUT2D eigenvalue weighted by Crippen LogP contribution is -2.29. The van der Waals surface area contributed by atoms with E-state index in [0.29, 0.717) is 18.5 Å². The summed E-state index contributed by atoms with van der Waals surface area (Å²) in [5.74, 6) is -0.241. The number of benzene rings is 1. The Balaban J connectivity index is 2.02. The van der Waals surface area contributed by atoms with Crippen molar-refractivity contribution in [2.75, 3.05) is 13.6 Å². The number of nitro groups is 1. The number of non-ortho nitro benzene ring substituents is 1. The molecule has 1 amide bonds. The van der Waals surface area contributed by atoms with Crippen LogP contribution < -0.4 is 0 Å². The maximum Gasteiger partial charge on any atom is 0.270 e. The Labute approximate surface area is 122 Å². The fourth-order valence-corrected chi connectivity index (χ4v) is 1.90. The molecule has 0 N–H and O–H groups in total. The fraction of sp³-hybridized carbons (Fsp3) is 0.200. The van der Waals surface area contributed by atoms with Crippen molar-refractivity contribution in [1.29, 1.82) is 0 Å². The van der Waals surface area contributed by atoms with Crippen molar-refractivity contribution < 1.29 is 9.72 Å². The Kier molecular flexibility index (Phi) is 4.61. The van der Waals surface area contributed by atoms with Gasteiger partial charge in [-0.25, -0.2) is 0 Å². The number of nitro benzene ring substituents is 1. The second-order valence-corrected chi connectivity index (χ2v) is 4.61. The number of hydrogen-bond donors (Lipinski definition) is 0. The average Bonchev–Trinajstić information content (AvgIpc) is 2.53. The molecule has 0 fully saturated rings. The maximum atomic E-state index is 12.2. The normalized spacial score (nSPS) is 10.1. The Morgan fingerprint density at radius 3 is 2.76 bits per heavy atom. The number of amides is 1. The van der Waals surface area contributed by atoms with Crippen LogP contribution in [0.3, 0.4) is 0 Å². The van der Waals surface area contributed by atoms with Crippen molar-refractivity contribution in [3.05, 3.63) is 70.0 Å². The average molecular weight is 285 g/mol. The van der Waals surface area contributed by atoms with Gasteiger partial charge in [0.2, 0.25) is 0 Å². The van der Waals surface area contributed by atoms with Gasteiger partial charge in [-0.3, -0.25) is 19.9 Å². The van der Waals surface area contributed by atoms with Crippen molar-refractivity contribution in [2.45, 2.75) is 6.42 Å². The van der Waals surface area contributed by atoms with Gasteiger partial charge in [0.1, 0.15) is 0 Å². The molecule has 0 aliphatic rings. The van der Waals surface area contributed by atoms with E-state index in [4.69, 9.17) is 0 Å². The van der Waals surface area contributed by atoms with Crippen LogP contribution in [0.25, 0.3) is 0 Å². The van der Waals surface area contributed by atoms with Crippen LogP contribution in [0.5, 0.6) is 0 Å². The Bertz CT molecular complexity index is 644. The maximum absolute atomic E-state index is 12.2. The SMILES string of the molecule is CN(CCc1ccccn1)C(=O)c1cccc([N+](=O)[O-])c1. The first-order chi connectivity index (χ1) is 10.1. The highest BCUT2D eigenvalue weighted by Gasteiger charge is 2.15. The third-order valence-corrected chi connectivity index (χ3v) is 3.08. The molecule has 0 atom stereocenters. The van der Waals surface area contributed by atoms with E-state index in [2.05, 4.69) is 4.98 Å². The van der Waals surface area contributed by atoms with Crippen LogP contribution >= 0.6 is 0 Å². The largest absolute Gasteiger partial charge is 0.341 e. The van der Waals surface area contributed by atoms with Gasteiger partial charge in [0, 0.05) is 49.6 Å². The summed E-state index contributed by atoms with van der Waals surface area (Å²) in [6.07, 6.45) is 2.34. The zero-order valence-corrected chi connectivity index (χ0v) is 11.6. The van der Waals surface area contributed by atoms with Gasteiger partial charge < -0.3 is 4.90 Å². The lowest BCUT2D eigenvalue weighted by Gasteiger charge is -2.16. The van der Waals surface area contributed by atoms with Gasteiger partial charge in [0.05, 0.1) is 4.92 Å². The molecule has 1 heterocycles. The first-order valence-corrected chi connectivity index (χ1v) is 6.48. The molecule has 21 heavy (non-hydrogen) atoms. The summed E-state index contributed by atoms with van der Waals surface area (Å²) in [6.45, 7) is 0.499. The van der Waals surface area contributed by atoms with Gasteiger partial charge in [-0.1, -0.05) is 12.1 Å². The van der Waals surface area contributed by atoms with E-state index >= 15 is 0 Å². The van der Waals surface area contributed by atoms with Crippen LogP contribution in [0.4, 0.5) is 5.69 Å². The molecule has 0 saturated heterocycles. The second kappa shape index (κ2) is 6.60. The zero-order chi connectivity index (χ0) is 15.2. The van der Waals surface area contributed by atoms with E-state index in [1.807, 2.05) is 18.2 Å². The molecule has 0 aliphatic carbocycles. The third-order valence-electron chi connectivity index (χ3n) is 3.08. The Morgan fingerprint density at radius 2 is 2.10 bits per heavy atom. The summed E-state index contributed by atoms with van der Waals surface area (Å²) in [5, 5.41) is 10.7. The lowest BCUT2D eigenvalue weighted by atomic mass is 10.1. The molecule has 2 rings (SSSR count). The van der Waals surface area contributed by atoms with Crippen molar-refractivity contribution in [3.63, 3.8) is 0 Å².